The highest BCUT2D eigenvalue weighted by molar-refractivity contribution is 8.16. The molecule has 0 bridgehead atoms. The fraction of sp³-hybridized carbons (Fsp3) is 0.296. The summed E-state index contributed by atoms with van der Waals surface area (Å²) in [5.41, 5.74) is 3.45. The Morgan fingerprint density at radius 3 is 2.63 bits per heavy atom. The summed E-state index contributed by atoms with van der Waals surface area (Å²) >= 11 is 8.09. The van der Waals surface area contributed by atoms with Crippen molar-refractivity contribution in [2.75, 3.05) is 6.54 Å². The predicted molar refractivity (Wildman–Crippen MR) is 138 cm³/mol. The van der Waals surface area contributed by atoms with Crippen LogP contribution in [0.1, 0.15) is 43.4 Å². The standard InChI is InChI=1S/C27H26ClN3O3S/c1-17-24(26(33)34-15-19-7-3-2-4-8-19)25(21-9-5-6-10-22(21)28)31-20(16-35-27(31)30-17)13-23(32)29-14-18-11-12-18/h2-10,16,18,25H,11-15H2,1H3,(H,29,32). The number of halogens is 1. The Hall–Kier alpha value is -3.03. The van der Waals surface area contributed by atoms with E-state index in [4.69, 9.17) is 21.3 Å². The van der Waals surface area contributed by atoms with Crippen LogP contribution in [-0.4, -0.2) is 28.5 Å². The number of nitrogens with zero attached hydrogens (tertiary/aromatic N) is 2. The third-order valence-corrected chi connectivity index (χ3v) is 7.49. The molecule has 35 heavy (non-hydrogen) atoms. The van der Waals surface area contributed by atoms with Crippen molar-refractivity contribution in [1.82, 2.24) is 10.2 Å². The first kappa shape index (κ1) is 23.7. The third-order valence-electron chi connectivity index (χ3n) is 6.26. The van der Waals surface area contributed by atoms with Crippen LogP contribution in [0.15, 0.2) is 82.0 Å². The van der Waals surface area contributed by atoms with E-state index in [1.807, 2.05) is 65.8 Å². The number of carbonyl (C=O) groups excluding carboxylic acids is 2. The van der Waals surface area contributed by atoms with Crippen molar-refractivity contribution in [3.05, 3.63) is 93.1 Å². The number of hydrogen-bond acceptors (Lipinski definition) is 6. The van der Waals surface area contributed by atoms with Crippen LogP contribution in [-0.2, 0) is 20.9 Å². The highest BCUT2D eigenvalue weighted by atomic mass is 35.5. The molecule has 2 aromatic rings. The van der Waals surface area contributed by atoms with Gasteiger partial charge in [0.05, 0.1) is 23.7 Å². The summed E-state index contributed by atoms with van der Waals surface area (Å²) in [5, 5.41) is 6.22. The molecule has 2 aromatic carbocycles. The first-order chi connectivity index (χ1) is 17.0. The van der Waals surface area contributed by atoms with Crippen LogP contribution in [0.4, 0.5) is 0 Å². The first-order valence-corrected chi connectivity index (χ1v) is 12.9. The molecule has 1 saturated carbocycles. The van der Waals surface area contributed by atoms with E-state index in [1.54, 1.807) is 6.07 Å². The van der Waals surface area contributed by atoms with E-state index in [0.717, 1.165) is 22.0 Å². The number of fused-ring (bicyclic) bond motifs is 1. The van der Waals surface area contributed by atoms with Gasteiger partial charge in [0.2, 0.25) is 5.91 Å². The minimum Gasteiger partial charge on any atom is -0.457 e. The second-order valence-corrected chi connectivity index (χ2v) is 10.1. The molecule has 2 heterocycles. The number of amidine groups is 1. The van der Waals surface area contributed by atoms with Gasteiger partial charge in [-0.25, -0.2) is 9.79 Å². The van der Waals surface area contributed by atoms with Gasteiger partial charge in [0.15, 0.2) is 5.17 Å². The van der Waals surface area contributed by atoms with Crippen LogP contribution < -0.4 is 5.32 Å². The van der Waals surface area contributed by atoms with Crippen molar-refractivity contribution >= 4 is 40.4 Å². The van der Waals surface area contributed by atoms with Crippen molar-refractivity contribution in [3.63, 3.8) is 0 Å². The summed E-state index contributed by atoms with van der Waals surface area (Å²) in [4.78, 5) is 32.8. The molecule has 5 rings (SSSR count). The minimum atomic E-state index is -0.544. The Bertz CT molecular complexity index is 1240. The molecule has 0 radical (unpaired) electrons. The molecule has 8 heteroatoms. The van der Waals surface area contributed by atoms with Crippen LogP contribution in [0, 0.1) is 5.92 Å². The molecule has 6 nitrogen and oxygen atoms in total. The lowest BCUT2D eigenvalue weighted by Gasteiger charge is -2.36. The number of aliphatic imine (C=N–C) groups is 1. The summed E-state index contributed by atoms with van der Waals surface area (Å²) in [6.07, 6.45) is 2.55. The van der Waals surface area contributed by atoms with Gasteiger partial charge in [0.25, 0.3) is 0 Å². The number of rotatable bonds is 8. The van der Waals surface area contributed by atoms with Gasteiger partial charge in [-0.05, 0) is 48.3 Å². The zero-order valence-corrected chi connectivity index (χ0v) is 20.9. The Morgan fingerprint density at radius 2 is 1.89 bits per heavy atom. The molecule has 0 spiro atoms. The van der Waals surface area contributed by atoms with Crippen molar-refractivity contribution in [2.24, 2.45) is 10.9 Å². The number of benzene rings is 2. The van der Waals surface area contributed by atoms with Crippen molar-refractivity contribution in [2.45, 2.75) is 38.8 Å². The summed E-state index contributed by atoms with van der Waals surface area (Å²) in [6, 6.07) is 16.5. The molecule has 1 aliphatic carbocycles. The summed E-state index contributed by atoms with van der Waals surface area (Å²) in [6.45, 7) is 2.68. The van der Waals surface area contributed by atoms with Crippen molar-refractivity contribution in [3.8, 4) is 0 Å². The topological polar surface area (TPSA) is 71.0 Å². The van der Waals surface area contributed by atoms with Gasteiger partial charge in [0.1, 0.15) is 6.61 Å². The Kier molecular flexibility index (Phi) is 6.97. The third kappa shape index (κ3) is 5.31. The average Bonchev–Trinajstić information content (AvgIpc) is 3.62. The van der Waals surface area contributed by atoms with Crippen LogP contribution >= 0.6 is 23.4 Å². The van der Waals surface area contributed by atoms with Crippen LogP contribution in [0.25, 0.3) is 0 Å². The number of thioether (sulfide) groups is 1. The maximum atomic E-state index is 13.5. The average molecular weight is 508 g/mol. The number of amides is 1. The molecule has 2 aliphatic heterocycles. The number of esters is 1. The van der Waals surface area contributed by atoms with Gasteiger partial charge in [-0.2, -0.15) is 0 Å². The zero-order valence-electron chi connectivity index (χ0n) is 19.4. The van der Waals surface area contributed by atoms with Gasteiger partial charge in [-0.3, -0.25) is 4.79 Å². The Balaban J connectivity index is 1.44. The second kappa shape index (κ2) is 10.3. The lowest BCUT2D eigenvalue weighted by atomic mass is 9.93. The summed E-state index contributed by atoms with van der Waals surface area (Å²) < 4.78 is 5.72. The summed E-state index contributed by atoms with van der Waals surface area (Å²) in [7, 11) is 0. The van der Waals surface area contributed by atoms with E-state index in [1.165, 1.54) is 24.6 Å². The second-order valence-electron chi connectivity index (χ2n) is 8.90. The summed E-state index contributed by atoms with van der Waals surface area (Å²) in [5.74, 6) is 0.112. The van der Waals surface area contributed by atoms with E-state index in [2.05, 4.69) is 5.32 Å². The number of nitrogens with one attached hydrogen (secondary N) is 1. The van der Waals surface area contributed by atoms with Crippen molar-refractivity contribution < 1.29 is 14.3 Å². The van der Waals surface area contributed by atoms with E-state index >= 15 is 0 Å². The fourth-order valence-electron chi connectivity index (χ4n) is 4.23. The van der Waals surface area contributed by atoms with Gasteiger partial charge in [-0.15, -0.1) is 0 Å². The van der Waals surface area contributed by atoms with Gasteiger partial charge in [0, 0.05) is 17.3 Å². The number of ether oxygens (including phenoxy) is 1. The molecular weight excluding hydrogens is 482 g/mol. The fourth-order valence-corrected chi connectivity index (χ4v) is 5.43. The normalized spacial score (nSPS) is 19.1. The highest BCUT2D eigenvalue weighted by Gasteiger charge is 2.42. The van der Waals surface area contributed by atoms with E-state index < -0.39 is 12.0 Å². The van der Waals surface area contributed by atoms with Crippen LogP contribution in [0.5, 0.6) is 0 Å². The molecule has 0 saturated heterocycles. The lowest BCUT2D eigenvalue weighted by Crippen LogP contribution is -2.38. The zero-order chi connectivity index (χ0) is 24.4. The predicted octanol–water partition coefficient (Wildman–Crippen LogP) is 5.57. The quantitative estimate of drug-likeness (QED) is 0.473. The van der Waals surface area contributed by atoms with Gasteiger partial charge < -0.3 is 15.0 Å². The molecule has 1 unspecified atom stereocenters. The Morgan fingerprint density at radius 1 is 1.14 bits per heavy atom. The number of hydrogen-bond donors (Lipinski definition) is 1. The van der Waals surface area contributed by atoms with Crippen LogP contribution in [0.2, 0.25) is 5.02 Å². The first-order valence-electron chi connectivity index (χ1n) is 11.7. The number of carbonyl (C=O) groups is 2. The van der Waals surface area contributed by atoms with Gasteiger partial charge >= 0.3 is 5.97 Å². The Labute approximate surface area is 214 Å². The largest absolute Gasteiger partial charge is 0.457 e. The molecule has 1 atom stereocenters. The SMILES string of the molecule is CC1=C(C(=O)OCc2ccccc2)C(c2ccccc2Cl)N2C(CC(=O)NCC3CC3)=CSC2=N1. The molecule has 1 N–H and O–H groups in total. The molecular formula is C27H26ClN3O3S. The van der Waals surface area contributed by atoms with E-state index in [-0.39, 0.29) is 18.9 Å². The van der Waals surface area contributed by atoms with E-state index in [9.17, 15) is 9.59 Å². The minimum absolute atomic E-state index is 0.0395. The lowest BCUT2D eigenvalue weighted by molar-refractivity contribution is -0.141. The van der Waals surface area contributed by atoms with E-state index in [0.29, 0.717) is 28.8 Å². The monoisotopic (exact) mass is 507 g/mol. The van der Waals surface area contributed by atoms with Crippen LogP contribution in [0.3, 0.4) is 0 Å². The smallest absolute Gasteiger partial charge is 0.338 e. The molecule has 1 fully saturated rings. The highest BCUT2D eigenvalue weighted by Crippen LogP contribution is 2.46. The van der Waals surface area contributed by atoms with Gasteiger partial charge in [-0.1, -0.05) is 71.9 Å². The van der Waals surface area contributed by atoms with Crippen molar-refractivity contribution in [1.29, 1.82) is 0 Å². The molecule has 180 valence electrons. The maximum absolute atomic E-state index is 13.5. The maximum Gasteiger partial charge on any atom is 0.338 e. The molecule has 0 aromatic heterocycles. The number of allylic oxidation sites excluding steroid dienone is 1. The molecule has 1 amide bonds. The molecule has 3 aliphatic rings.